The molecule has 0 aromatic heterocycles. The van der Waals surface area contributed by atoms with Crippen LogP contribution in [0.25, 0.3) is 0 Å². The zero-order valence-electron chi connectivity index (χ0n) is 8.91. The minimum Gasteiger partial charge on any atom is -0.343 e. The van der Waals surface area contributed by atoms with Crippen LogP contribution in [0.1, 0.15) is 47.0 Å². The van der Waals surface area contributed by atoms with E-state index in [1.54, 1.807) is 0 Å². The van der Waals surface area contributed by atoms with E-state index in [0.717, 1.165) is 12.3 Å². The topological polar surface area (TPSA) is 0 Å². The van der Waals surface area contributed by atoms with Gasteiger partial charge in [0, 0.05) is 0 Å². The van der Waals surface area contributed by atoms with Crippen molar-refractivity contribution in [3.8, 4) is 0 Å². The summed E-state index contributed by atoms with van der Waals surface area (Å²) in [6.07, 6.45) is 3.70. The Kier molecular flexibility index (Phi) is 9.73. The standard InChI is InChI=1S/C10H21.K/c1-6-8-9(7-2)10(3,4)5;/h9H,2,6-8H2,1,3-5H3;/q-1;+1. The van der Waals surface area contributed by atoms with Gasteiger partial charge in [-0.25, -0.2) is 0 Å². The smallest absolute Gasteiger partial charge is 0.343 e. The molecule has 0 saturated carbocycles. The van der Waals surface area contributed by atoms with Gasteiger partial charge in [0.05, 0.1) is 0 Å². The largest absolute Gasteiger partial charge is 1.00 e. The zero-order valence-corrected chi connectivity index (χ0v) is 12.0. The molecule has 11 heavy (non-hydrogen) atoms. The van der Waals surface area contributed by atoms with Crippen molar-refractivity contribution in [3.63, 3.8) is 0 Å². The molecule has 62 valence electrons. The van der Waals surface area contributed by atoms with Gasteiger partial charge in [-0.3, -0.25) is 0 Å². The van der Waals surface area contributed by atoms with Gasteiger partial charge < -0.3 is 6.92 Å². The predicted octanol–water partition coefficient (Wildman–Crippen LogP) is 0.677. The maximum Gasteiger partial charge on any atom is 1.00 e. The Morgan fingerprint density at radius 2 is 1.73 bits per heavy atom. The number of rotatable bonds is 3. The van der Waals surface area contributed by atoms with Crippen molar-refractivity contribution < 1.29 is 51.4 Å². The van der Waals surface area contributed by atoms with Crippen LogP contribution in [0, 0.1) is 18.3 Å². The summed E-state index contributed by atoms with van der Waals surface area (Å²) in [5, 5.41) is 0. The van der Waals surface area contributed by atoms with Gasteiger partial charge in [-0.05, 0) is 5.41 Å². The van der Waals surface area contributed by atoms with E-state index in [-0.39, 0.29) is 51.4 Å². The molecule has 0 spiro atoms. The van der Waals surface area contributed by atoms with Gasteiger partial charge in [0.25, 0.3) is 0 Å². The normalized spacial score (nSPS) is 13.9. The number of hydrogen-bond acceptors (Lipinski definition) is 0. The average molecular weight is 180 g/mol. The second kappa shape index (κ2) is 7.08. The molecule has 0 aliphatic rings. The Balaban J connectivity index is 0. The van der Waals surface area contributed by atoms with E-state index in [1.807, 2.05) is 0 Å². The summed E-state index contributed by atoms with van der Waals surface area (Å²) < 4.78 is 0. The maximum atomic E-state index is 3.97. The predicted molar refractivity (Wildman–Crippen MR) is 47.8 cm³/mol. The van der Waals surface area contributed by atoms with Crippen molar-refractivity contribution in [1.29, 1.82) is 0 Å². The second-order valence-electron chi connectivity index (χ2n) is 4.14. The molecule has 0 aliphatic carbocycles. The molecule has 1 unspecified atom stereocenters. The van der Waals surface area contributed by atoms with Crippen LogP contribution in [-0.2, 0) is 0 Å². The molecule has 0 fully saturated rings. The fourth-order valence-electron chi connectivity index (χ4n) is 1.36. The van der Waals surface area contributed by atoms with Gasteiger partial charge in [0.2, 0.25) is 0 Å². The van der Waals surface area contributed by atoms with Crippen molar-refractivity contribution >= 4 is 0 Å². The van der Waals surface area contributed by atoms with E-state index in [2.05, 4.69) is 34.6 Å². The Morgan fingerprint density at radius 3 is 1.82 bits per heavy atom. The van der Waals surface area contributed by atoms with E-state index >= 15 is 0 Å². The van der Waals surface area contributed by atoms with E-state index in [9.17, 15) is 0 Å². The third kappa shape index (κ3) is 6.77. The zero-order chi connectivity index (χ0) is 8.20. The molecule has 0 heterocycles. The molecule has 0 rings (SSSR count). The van der Waals surface area contributed by atoms with Gasteiger partial charge in [0.1, 0.15) is 0 Å². The SMILES string of the molecule is [CH2-]CC(CCC)C(C)(C)C.[K+]. The third-order valence-corrected chi connectivity index (χ3v) is 2.21. The summed E-state index contributed by atoms with van der Waals surface area (Å²) in [5.41, 5.74) is 0.456. The Morgan fingerprint density at radius 1 is 1.27 bits per heavy atom. The first-order valence-electron chi connectivity index (χ1n) is 4.31. The summed E-state index contributed by atoms with van der Waals surface area (Å²) in [6, 6.07) is 0. The van der Waals surface area contributed by atoms with Gasteiger partial charge >= 0.3 is 51.4 Å². The van der Waals surface area contributed by atoms with Crippen molar-refractivity contribution in [2.24, 2.45) is 11.3 Å². The molecular weight excluding hydrogens is 159 g/mol. The van der Waals surface area contributed by atoms with Gasteiger partial charge in [0.15, 0.2) is 0 Å². The fourth-order valence-corrected chi connectivity index (χ4v) is 1.36. The van der Waals surface area contributed by atoms with Crippen molar-refractivity contribution in [1.82, 2.24) is 0 Å². The monoisotopic (exact) mass is 180 g/mol. The maximum absolute atomic E-state index is 3.97. The number of hydrogen-bond donors (Lipinski definition) is 0. The van der Waals surface area contributed by atoms with Crippen LogP contribution < -0.4 is 51.4 Å². The van der Waals surface area contributed by atoms with Crippen LogP contribution in [0.5, 0.6) is 0 Å². The first-order chi connectivity index (χ1) is 4.52. The summed E-state index contributed by atoms with van der Waals surface area (Å²) in [4.78, 5) is 0. The Bertz CT molecular complexity index is 81.4. The minimum atomic E-state index is 0. The minimum absolute atomic E-state index is 0. The van der Waals surface area contributed by atoms with Gasteiger partial charge in [-0.2, -0.15) is 6.42 Å². The van der Waals surface area contributed by atoms with Crippen molar-refractivity contribution in [2.45, 2.75) is 47.0 Å². The summed E-state index contributed by atoms with van der Waals surface area (Å²) >= 11 is 0. The average Bonchev–Trinajstić information content (AvgIpc) is 1.80. The van der Waals surface area contributed by atoms with E-state index in [0.29, 0.717) is 5.41 Å². The molecule has 1 heteroatoms. The van der Waals surface area contributed by atoms with E-state index in [4.69, 9.17) is 0 Å². The molecule has 0 nitrogen and oxygen atoms in total. The van der Waals surface area contributed by atoms with Crippen LogP contribution >= 0.6 is 0 Å². The van der Waals surface area contributed by atoms with Crippen LogP contribution in [0.4, 0.5) is 0 Å². The first-order valence-corrected chi connectivity index (χ1v) is 4.31. The summed E-state index contributed by atoms with van der Waals surface area (Å²) in [6.45, 7) is 13.1. The molecule has 0 amide bonds. The molecular formula is C10H21K. The van der Waals surface area contributed by atoms with E-state index in [1.165, 1.54) is 12.8 Å². The molecule has 0 N–H and O–H groups in total. The Hall–Kier alpha value is 1.64. The third-order valence-electron chi connectivity index (χ3n) is 2.21. The van der Waals surface area contributed by atoms with Crippen molar-refractivity contribution in [3.05, 3.63) is 6.92 Å². The van der Waals surface area contributed by atoms with Crippen LogP contribution in [0.15, 0.2) is 0 Å². The second-order valence-corrected chi connectivity index (χ2v) is 4.14. The van der Waals surface area contributed by atoms with Crippen LogP contribution in [0.2, 0.25) is 0 Å². The van der Waals surface area contributed by atoms with Gasteiger partial charge in [-0.15, -0.1) is 0 Å². The molecule has 1 atom stereocenters. The van der Waals surface area contributed by atoms with Crippen molar-refractivity contribution in [2.75, 3.05) is 0 Å². The van der Waals surface area contributed by atoms with Crippen LogP contribution in [-0.4, -0.2) is 0 Å². The Labute approximate surface area is 115 Å². The van der Waals surface area contributed by atoms with Gasteiger partial charge in [-0.1, -0.05) is 46.5 Å². The summed E-state index contributed by atoms with van der Waals surface area (Å²) in [5.74, 6) is 0.803. The molecule has 0 radical (unpaired) electrons. The molecule has 0 saturated heterocycles. The first kappa shape index (κ1) is 15.1. The summed E-state index contributed by atoms with van der Waals surface area (Å²) in [7, 11) is 0. The van der Waals surface area contributed by atoms with E-state index < -0.39 is 0 Å². The fraction of sp³-hybridized carbons (Fsp3) is 0.900. The molecule has 0 aromatic rings. The van der Waals surface area contributed by atoms with Crippen LogP contribution in [0.3, 0.4) is 0 Å². The molecule has 0 aromatic carbocycles. The quantitative estimate of drug-likeness (QED) is 0.442. The molecule has 0 bridgehead atoms. The molecule has 0 aliphatic heterocycles.